The Balaban J connectivity index is 0.000000802. The second-order valence-corrected chi connectivity index (χ2v) is 10.1. The summed E-state index contributed by atoms with van der Waals surface area (Å²) in [4.78, 5) is 2.42. The number of rotatable bonds is 16. The molecule has 1 aliphatic rings. The third-order valence-electron chi connectivity index (χ3n) is 6.58. The summed E-state index contributed by atoms with van der Waals surface area (Å²) < 4.78 is 0. The Morgan fingerprint density at radius 3 is 1.89 bits per heavy atom. The normalized spacial score (nSPS) is 20.4. The molecule has 0 radical (unpaired) electrons. The number of nitrogens with zero attached hydrogens (tertiary/aromatic N) is 1. The smallest absolute Gasteiger partial charge is 0.0521 e. The molecule has 0 aromatic carbocycles. The number of nitrogens with two attached hydrogens (primary N) is 2. The lowest BCUT2D eigenvalue weighted by Gasteiger charge is -2.24. The van der Waals surface area contributed by atoms with Crippen LogP contribution in [-0.2, 0) is 0 Å². The van der Waals surface area contributed by atoms with Crippen molar-refractivity contribution in [3.63, 3.8) is 0 Å². The summed E-state index contributed by atoms with van der Waals surface area (Å²) in [5.74, 6) is 0. The third-order valence-corrected chi connectivity index (χ3v) is 6.58. The Labute approximate surface area is 225 Å². The van der Waals surface area contributed by atoms with Crippen molar-refractivity contribution in [2.75, 3.05) is 6.54 Å². The first kappa shape index (κ1) is 34.0. The van der Waals surface area contributed by atoms with Crippen LogP contribution in [0.5, 0.6) is 0 Å². The van der Waals surface area contributed by atoms with Gasteiger partial charge in [-0.25, -0.2) is 0 Å². The summed E-state index contributed by atoms with van der Waals surface area (Å²) in [7, 11) is 0. The summed E-state index contributed by atoms with van der Waals surface area (Å²) in [5.41, 5.74) is 16.3. The summed E-state index contributed by atoms with van der Waals surface area (Å²) in [5, 5.41) is 0. The van der Waals surface area contributed by atoms with Crippen LogP contribution in [0.4, 0.5) is 0 Å². The number of hydrogen-bond acceptors (Lipinski definition) is 3. The molecule has 1 aliphatic heterocycles. The van der Waals surface area contributed by atoms with E-state index in [0.717, 1.165) is 18.7 Å². The van der Waals surface area contributed by atoms with Gasteiger partial charge in [-0.1, -0.05) is 122 Å². The third kappa shape index (κ3) is 14.5. The molecule has 0 spiro atoms. The summed E-state index contributed by atoms with van der Waals surface area (Å²) in [6.45, 7) is 17.8. The van der Waals surface area contributed by atoms with E-state index in [9.17, 15) is 0 Å². The lowest BCUT2D eigenvalue weighted by atomic mass is 10.0. The van der Waals surface area contributed by atoms with Crippen molar-refractivity contribution < 1.29 is 0 Å². The molecule has 36 heavy (non-hydrogen) atoms. The first-order valence-corrected chi connectivity index (χ1v) is 14.7. The highest BCUT2D eigenvalue weighted by Crippen LogP contribution is 2.38. The van der Waals surface area contributed by atoms with Gasteiger partial charge < -0.3 is 16.4 Å². The maximum atomic E-state index is 6.07. The van der Waals surface area contributed by atoms with Crippen LogP contribution in [0.1, 0.15) is 119 Å². The highest BCUT2D eigenvalue weighted by Gasteiger charge is 2.32. The fourth-order valence-electron chi connectivity index (χ4n) is 4.58. The molecule has 0 aromatic rings. The van der Waals surface area contributed by atoms with Crippen molar-refractivity contribution in [2.24, 2.45) is 11.5 Å². The predicted octanol–water partition coefficient (Wildman–Crippen LogP) is 9.11. The Morgan fingerprint density at radius 1 is 0.944 bits per heavy atom. The van der Waals surface area contributed by atoms with Gasteiger partial charge in [0.25, 0.3) is 0 Å². The monoisotopic (exact) mass is 497 g/mol. The lowest BCUT2D eigenvalue weighted by molar-refractivity contribution is 0.333. The number of allylic oxidation sites excluding steroid dienone is 7. The van der Waals surface area contributed by atoms with E-state index in [-0.39, 0.29) is 6.04 Å². The quantitative estimate of drug-likeness (QED) is 0.165. The van der Waals surface area contributed by atoms with Gasteiger partial charge in [0.15, 0.2) is 0 Å². The van der Waals surface area contributed by atoms with E-state index >= 15 is 0 Å². The zero-order chi connectivity index (χ0) is 27.2. The molecule has 2 unspecified atom stereocenters. The van der Waals surface area contributed by atoms with Crippen LogP contribution >= 0.6 is 0 Å². The minimum atomic E-state index is 0.0561. The van der Waals surface area contributed by atoms with Crippen molar-refractivity contribution in [1.29, 1.82) is 0 Å². The van der Waals surface area contributed by atoms with Crippen molar-refractivity contribution in [2.45, 2.75) is 131 Å². The van der Waals surface area contributed by atoms with Gasteiger partial charge >= 0.3 is 0 Å². The van der Waals surface area contributed by atoms with Gasteiger partial charge in [-0.15, -0.1) is 0 Å². The molecule has 1 rings (SSSR count). The molecular formula is C33H59N3. The Hall–Kier alpha value is -2.00. The minimum Gasteiger partial charge on any atom is -0.399 e. The van der Waals surface area contributed by atoms with Gasteiger partial charge in [0.05, 0.1) is 6.04 Å². The van der Waals surface area contributed by atoms with Crippen LogP contribution in [0.2, 0.25) is 0 Å². The van der Waals surface area contributed by atoms with Crippen LogP contribution in [0, 0.1) is 0 Å². The first-order chi connectivity index (χ1) is 17.4. The fraction of sp³-hybridized carbons (Fsp3) is 0.636. The molecule has 4 N–H and O–H groups in total. The standard InChI is InChI=1S/C20H31N3.C13H28/c1-6-10-17(22)14-19-16(5)23(13-7-2)20(18(19)8-3)12-9-11-15(4)21;1-3-5-7-9-11-13-12-10-8-6-4-2/h6,8-12,14-16H,1,7,13,21-22H2,2-5H3;3-13H2,1-2H3/b11-9+,17-10+,18-8-,19-14+,20-12+;. The number of likely N-dealkylation sites (tertiary alicyclic amines) is 1. The van der Waals surface area contributed by atoms with Gasteiger partial charge in [0, 0.05) is 24.0 Å². The minimum absolute atomic E-state index is 0.0561. The van der Waals surface area contributed by atoms with E-state index in [2.05, 4.69) is 64.3 Å². The van der Waals surface area contributed by atoms with Crippen LogP contribution < -0.4 is 11.5 Å². The molecule has 1 fully saturated rings. The molecule has 2 atom stereocenters. The molecule has 1 heterocycles. The fourth-order valence-corrected chi connectivity index (χ4v) is 4.58. The van der Waals surface area contributed by atoms with E-state index in [4.69, 9.17) is 11.5 Å². The van der Waals surface area contributed by atoms with Crippen molar-refractivity contribution in [3.05, 3.63) is 71.7 Å². The van der Waals surface area contributed by atoms with E-state index < -0.39 is 0 Å². The summed E-state index contributed by atoms with van der Waals surface area (Å²) >= 11 is 0. The SMILES string of the molecule is C=C\C=C(N)/C=C1C(=C/C)/C(=C\C=C\C(C)N)N(CCC)C/1C.CCCCCCCCCCCCC. The molecule has 1 saturated heterocycles. The predicted molar refractivity (Wildman–Crippen MR) is 164 cm³/mol. The van der Waals surface area contributed by atoms with Gasteiger partial charge in [0.1, 0.15) is 0 Å². The maximum Gasteiger partial charge on any atom is 0.0521 e. The van der Waals surface area contributed by atoms with E-state index in [1.165, 1.54) is 87.5 Å². The van der Waals surface area contributed by atoms with Crippen LogP contribution in [0.3, 0.4) is 0 Å². The van der Waals surface area contributed by atoms with E-state index in [1.807, 2.05) is 25.2 Å². The number of unbranched alkanes of at least 4 members (excludes halogenated alkanes) is 10. The largest absolute Gasteiger partial charge is 0.399 e. The molecule has 3 heteroatoms. The second kappa shape index (κ2) is 22.2. The zero-order valence-corrected chi connectivity index (χ0v) is 24.7. The van der Waals surface area contributed by atoms with E-state index in [1.54, 1.807) is 6.08 Å². The molecule has 0 bridgehead atoms. The summed E-state index contributed by atoms with van der Waals surface area (Å²) in [6.07, 6.45) is 31.0. The average molecular weight is 498 g/mol. The average Bonchev–Trinajstić information content (AvgIpc) is 3.08. The first-order valence-electron chi connectivity index (χ1n) is 14.7. The highest BCUT2D eigenvalue weighted by molar-refractivity contribution is 5.56. The van der Waals surface area contributed by atoms with Crippen molar-refractivity contribution in [3.8, 4) is 0 Å². The topological polar surface area (TPSA) is 55.3 Å². The molecule has 0 aromatic heterocycles. The van der Waals surface area contributed by atoms with Crippen LogP contribution in [-0.4, -0.2) is 23.5 Å². The van der Waals surface area contributed by atoms with Gasteiger partial charge in [0.2, 0.25) is 0 Å². The van der Waals surface area contributed by atoms with E-state index in [0.29, 0.717) is 6.04 Å². The van der Waals surface area contributed by atoms with Crippen LogP contribution in [0.15, 0.2) is 71.7 Å². The zero-order valence-electron chi connectivity index (χ0n) is 24.7. The second-order valence-electron chi connectivity index (χ2n) is 10.1. The van der Waals surface area contributed by atoms with Gasteiger partial charge in [-0.3, -0.25) is 0 Å². The Morgan fingerprint density at radius 2 is 1.47 bits per heavy atom. The van der Waals surface area contributed by atoms with Crippen LogP contribution in [0.25, 0.3) is 0 Å². The Bertz CT molecular complexity index is 711. The summed E-state index contributed by atoms with van der Waals surface area (Å²) in [6, 6.07) is 0.355. The van der Waals surface area contributed by atoms with Crippen molar-refractivity contribution in [1.82, 2.24) is 4.90 Å². The molecule has 0 aliphatic carbocycles. The molecule has 0 saturated carbocycles. The molecule has 206 valence electrons. The van der Waals surface area contributed by atoms with Crippen molar-refractivity contribution >= 4 is 0 Å². The lowest BCUT2D eigenvalue weighted by Crippen LogP contribution is -2.27. The number of hydrogen-bond donors (Lipinski definition) is 2. The maximum absolute atomic E-state index is 6.07. The molecule has 0 amide bonds. The Kier molecular flexibility index (Phi) is 21.0. The van der Waals surface area contributed by atoms with Gasteiger partial charge in [-0.05, 0) is 56.6 Å². The molecule has 3 nitrogen and oxygen atoms in total. The van der Waals surface area contributed by atoms with Gasteiger partial charge in [-0.2, -0.15) is 0 Å². The molecular weight excluding hydrogens is 438 g/mol. The highest BCUT2D eigenvalue weighted by atomic mass is 15.2.